The van der Waals surface area contributed by atoms with E-state index in [2.05, 4.69) is 34.7 Å². The molecule has 3 aromatic rings. The highest BCUT2D eigenvalue weighted by molar-refractivity contribution is 6.32. The van der Waals surface area contributed by atoms with Gasteiger partial charge in [-0.2, -0.15) is 0 Å². The van der Waals surface area contributed by atoms with Crippen LogP contribution in [0.15, 0.2) is 60.8 Å². The molecule has 138 valence electrons. The van der Waals surface area contributed by atoms with Gasteiger partial charge >= 0.3 is 0 Å². The van der Waals surface area contributed by atoms with Gasteiger partial charge in [0.05, 0.1) is 12.1 Å². The number of nitrogens with zero attached hydrogens (tertiary/aromatic N) is 1. The lowest BCUT2D eigenvalue weighted by Crippen LogP contribution is -2.14. The number of nitrogens with one attached hydrogen (secondary N) is 2. The van der Waals surface area contributed by atoms with Gasteiger partial charge in [-0.15, -0.1) is 0 Å². The predicted molar refractivity (Wildman–Crippen MR) is 109 cm³/mol. The van der Waals surface area contributed by atoms with Crippen molar-refractivity contribution in [1.29, 1.82) is 0 Å². The minimum absolute atomic E-state index is 0.309. The molecule has 0 aliphatic rings. The number of rotatable bonds is 6. The Kier molecular flexibility index (Phi) is 5.94. The topological polar surface area (TPSA) is 63.2 Å². The third-order valence-corrected chi connectivity index (χ3v) is 4.44. The maximum absolute atomic E-state index is 12.5. The van der Waals surface area contributed by atoms with Gasteiger partial charge in [0.25, 0.3) is 5.91 Å². The standard InChI is InChI=1S/C21H20ClN3O2/c1-14-5-3-4-6-15(14)13-24-16-9-10-23-19(12-16)21(26)25-17-7-8-20(27-2)18(22)11-17/h3-12H,13H2,1-2H3,(H,23,24)(H,25,26). The molecule has 5 nitrogen and oxygen atoms in total. The first-order chi connectivity index (χ1) is 13.1. The van der Waals surface area contributed by atoms with Gasteiger partial charge in [-0.1, -0.05) is 35.9 Å². The van der Waals surface area contributed by atoms with Crippen LogP contribution < -0.4 is 15.4 Å². The summed E-state index contributed by atoms with van der Waals surface area (Å²) in [5.74, 6) is 0.242. The highest BCUT2D eigenvalue weighted by atomic mass is 35.5. The molecule has 2 aromatic carbocycles. The van der Waals surface area contributed by atoms with Crippen molar-refractivity contribution in [3.8, 4) is 5.75 Å². The molecule has 1 heterocycles. The summed E-state index contributed by atoms with van der Waals surface area (Å²) in [6.07, 6.45) is 1.61. The quantitative estimate of drug-likeness (QED) is 0.636. The molecule has 0 radical (unpaired) electrons. The molecule has 1 aromatic heterocycles. The summed E-state index contributed by atoms with van der Waals surface area (Å²) in [5.41, 5.74) is 4.13. The number of ether oxygens (including phenoxy) is 1. The summed E-state index contributed by atoms with van der Waals surface area (Å²) in [4.78, 5) is 16.6. The van der Waals surface area contributed by atoms with Crippen molar-refractivity contribution in [2.45, 2.75) is 13.5 Å². The smallest absolute Gasteiger partial charge is 0.274 e. The van der Waals surface area contributed by atoms with Crippen LogP contribution in [0.1, 0.15) is 21.6 Å². The molecule has 0 aliphatic carbocycles. The largest absolute Gasteiger partial charge is 0.495 e. The summed E-state index contributed by atoms with van der Waals surface area (Å²) >= 11 is 6.09. The number of carbonyl (C=O) groups is 1. The molecule has 3 rings (SSSR count). The van der Waals surface area contributed by atoms with Gasteiger partial charge in [0.15, 0.2) is 0 Å². The van der Waals surface area contributed by atoms with E-state index in [1.807, 2.05) is 18.2 Å². The fraction of sp³-hybridized carbons (Fsp3) is 0.143. The van der Waals surface area contributed by atoms with Gasteiger partial charge in [0.2, 0.25) is 0 Å². The number of hydrogen-bond donors (Lipinski definition) is 2. The number of anilines is 2. The van der Waals surface area contributed by atoms with Crippen molar-refractivity contribution < 1.29 is 9.53 Å². The first-order valence-corrected chi connectivity index (χ1v) is 8.84. The van der Waals surface area contributed by atoms with Gasteiger partial charge in [0.1, 0.15) is 11.4 Å². The molecule has 0 fully saturated rings. The average Bonchev–Trinajstić information content (AvgIpc) is 2.68. The third kappa shape index (κ3) is 4.77. The predicted octanol–water partition coefficient (Wildman–Crippen LogP) is 4.92. The Labute approximate surface area is 163 Å². The van der Waals surface area contributed by atoms with Crippen molar-refractivity contribution in [3.63, 3.8) is 0 Å². The van der Waals surface area contributed by atoms with Gasteiger partial charge in [-0.05, 0) is 48.4 Å². The Morgan fingerprint density at radius 3 is 2.67 bits per heavy atom. The summed E-state index contributed by atoms with van der Waals surface area (Å²) in [7, 11) is 1.54. The molecule has 0 spiro atoms. The lowest BCUT2D eigenvalue weighted by molar-refractivity contribution is 0.102. The van der Waals surface area contributed by atoms with E-state index in [4.69, 9.17) is 16.3 Å². The number of aromatic nitrogens is 1. The Morgan fingerprint density at radius 1 is 1.11 bits per heavy atom. The fourth-order valence-electron chi connectivity index (χ4n) is 2.61. The number of benzene rings is 2. The maximum atomic E-state index is 12.5. The molecule has 0 saturated heterocycles. The van der Waals surface area contributed by atoms with Gasteiger partial charge in [0, 0.05) is 24.1 Å². The highest BCUT2D eigenvalue weighted by Crippen LogP contribution is 2.27. The van der Waals surface area contributed by atoms with Crippen molar-refractivity contribution in [3.05, 3.63) is 82.6 Å². The van der Waals surface area contributed by atoms with Crippen LogP contribution in [0, 0.1) is 6.92 Å². The lowest BCUT2D eigenvalue weighted by Gasteiger charge is -2.11. The molecule has 2 N–H and O–H groups in total. The normalized spacial score (nSPS) is 10.3. The second-order valence-corrected chi connectivity index (χ2v) is 6.42. The van der Waals surface area contributed by atoms with Gasteiger partial charge in [-0.25, -0.2) is 0 Å². The molecule has 0 aliphatic heterocycles. The monoisotopic (exact) mass is 381 g/mol. The van der Waals surface area contributed by atoms with Crippen LogP contribution in [0.25, 0.3) is 0 Å². The number of pyridine rings is 1. The number of hydrogen-bond acceptors (Lipinski definition) is 4. The van der Waals surface area contributed by atoms with Gasteiger partial charge < -0.3 is 15.4 Å². The van der Waals surface area contributed by atoms with Crippen LogP contribution in [0.3, 0.4) is 0 Å². The second-order valence-electron chi connectivity index (χ2n) is 6.01. The Bertz CT molecular complexity index is 960. The Hall–Kier alpha value is -3.05. The summed E-state index contributed by atoms with van der Waals surface area (Å²) in [6.45, 7) is 2.74. The number of aryl methyl sites for hydroxylation is 1. The van der Waals surface area contributed by atoms with E-state index >= 15 is 0 Å². The minimum atomic E-state index is -0.309. The summed E-state index contributed by atoms with van der Waals surface area (Å²) in [6, 6.07) is 16.8. The van der Waals surface area contributed by atoms with Crippen LogP contribution in [0.5, 0.6) is 5.75 Å². The molecule has 1 amide bonds. The van der Waals surface area contributed by atoms with Crippen LogP contribution >= 0.6 is 11.6 Å². The SMILES string of the molecule is COc1ccc(NC(=O)c2cc(NCc3ccccc3C)ccn2)cc1Cl. The average molecular weight is 382 g/mol. The molecule has 0 atom stereocenters. The molecule has 6 heteroatoms. The van der Waals surface area contributed by atoms with E-state index in [0.717, 1.165) is 5.69 Å². The van der Waals surface area contributed by atoms with E-state index in [1.165, 1.54) is 11.1 Å². The zero-order chi connectivity index (χ0) is 19.2. The van der Waals surface area contributed by atoms with E-state index < -0.39 is 0 Å². The van der Waals surface area contributed by atoms with Crippen LogP contribution in [0.4, 0.5) is 11.4 Å². The highest BCUT2D eigenvalue weighted by Gasteiger charge is 2.10. The van der Waals surface area contributed by atoms with E-state index in [0.29, 0.717) is 28.7 Å². The first kappa shape index (κ1) is 18.7. The zero-order valence-electron chi connectivity index (χ0n) is 15.1. The number of carbonyl (C=O) groups excluding carboxylic acids is 1. The lowest BCUT2D eigenvalue weighted by atomic mass is 10.1. The van der Waals surface area contributed by atoms with E-state index in [-0.39, 0.29) is 5.91 Å². The van der Waals surface area contributed by atoms with E-state index in [1.54, 1.807) is 37.6 Å². The minimum Gasteiger partial charge on any atom is -0.495 e. The van der Waals surface area contributed by atoms with Crippen molar-refractivity contribution in [1.82, 2.24) is 4.98 Å². The van der Waals surface area contributed by atoms with Crippen molar-refractivity contribution in [2.75, 3.05) is 17.7 Å². The van der Waals surface area contributed by atoms with Crippen molar-refractivity contribution in [2.24, 2.45) is 0 Å². The van der Waals surface area contributed by atoms with E-state index in [9.17, 15) is 4.79 Å². The van der Waals surface area contributed by atoms with Crippen LogP contribution in [-0.4, -0.2) is 18.0 Å². The summed E-state index contributed by atoms with van der Waals surface area (Å²) in [5, 5.41) is 6.55. The molecule has 0 saturated carbocycles. The molecular weight excluding hydrogens is 362 g/mol. The first-order valence-electron chi connectivity index (χ1n) is 8.46. The molecule has 0 bridgehead atoms. The van der Waals surface area contributed by atoms with Gasteiger partial charge in [-0.3, -0.25) is 9.78 Å². The number of methoxy groups -OCH3 is 1. The maximum Gasteiger partial charge on any atom is 0.274 e. The third-order valence-electron chi connectivity index (χ3n) is 4.15. The second kappa shape index (κ2) is 8.56. The zero-order valence-corrected chi connectivity index (χ0v) is 15.9. The van der Waals surface area contributed by atoms with Crippen LogP contribution in [-0.2, 0) is 6.54 Å². The fourth-order valence-corrected chi connectivity index (χ4v) is 2.87. The molecule has 0 unspecified atom stereocenters. The number of amides is 1. The van der Waals surface area contributed by atoms with Crippen LogP contribution in [0.2, 0.25) is 5.02 Å². The summed E-state index contributed by atoms with van der Waals surface area (Å²) < 4.78 is 5.11. The number of halogens is 1. The Morgan fingerprint density at radius 2 is 1.93 bits per heavy atom. The Balaban J connectivity index is 1.68. The van der Waals surface area contributed by atoms with Crippen molar-refractivity contribution >= 4 is 28.9 Å². The molecular formula is C21H20ClN3O2. The molecule has 27 heavy (non-hydrogen) atoms.